The average molecular weight is 406 g/mol. The number of nitrogens with one attached hydrogen (secondary N) is 2. The Hall–Kier alpha value is -2.06. The highest BCUT2D eigenvalue weighted by molar-refractivity contribution is 7.14. The largest absolute Gasteiger partial charge is 0.360 e. The van der Waals surface area contributed by atoms with Crippen LogP contribution < -0.4 is 15.5 Å². The first-order valence-electron chi connectivity index (χ1n) is 9.41. The number of carbonyl (C=O) groups excluding carboxylic acids is 1. The second-order valence-corrected chi connectivity index (χ2v) is 8.12. The van der Waals surface area contributed by atoms with Gasteiger partial charge in [-0.25, -0.2) is 0 Å². The Morgan fingerprint density at radius 1 is 1.11 bits per heavy atom. The van der Waals surface area contributed by atoms with Crippen LogP contribution in [0.5, 0.6) is 0 Å². The number of piperazine rings is 1. The van der Waals surface area contributed by atoms with Crippen molar-refractivity contribution in [3.8, 4) is 0 Å². The van der Waals surface area contributed by atoms with E-state index in [-0.39, 0.29) is 5.91 Å². The molecule has 146 valence electrons. The number of carbonyl (C=O) groups is 1. The lowest BCUT2D eigenvalue weighted by atomic mass is 10.3. The van der Waals surface area contributed by atoms with Crippen LogP contribution in [0.4, 0.5) is 5.00 Å². The van der Waals surface area contributed by atoms with Gasteiger partial charge in [-0.2, -0.15) is 0 Å². The molecule has 2 N–H and O–H groups in total. The topological polar surface area (TPSA) is 60.0 Å². The molecule has 0 aromatic carbocycles. The van der Waals surface area contributed by atoms with Gasteiger partial charge in [0.2, 0.25) is 0 Å². The monoisotopic (exact) mass is 405 g/mol. The molecule has 2 aromatic rings. The molecule has 6 nitrogen and oxygen atoms in total. The minimum atomic E-state index is 0.00517. The minimum absolute atomic E-state index is 0.00517. The van der Waals surface area contributed by atoms with Crippen LogP contribution in [0.2, 0.25) is 0 Å². The number of thiophene rings is 2. The first-order valence-corrected chi connectivity index (χ1v) is 11.2. The van der Waals surface area contributed by atoms with Crippen molar-refractivity contribution in [2.45, 2.75) is 13.3 Å². The molecule has 2 aromatic heterocycles. The van der Waals surface area contributed by atoms with Crippen molar-refractivity contribution in [1.82, 2.24) is 15.5 Å². The lowest BCUT2D eigenvalue weighted by molar-refractivity contribution is 0.0957. The fourth-order valence-electron chi connectivity index (χ4n) is 2.98. The van der Waals surface area contributed by atoms with Gasteiger partial charge in [0, 0.05) is 45.8 Å². The summed E-state index contributed by atoms with van der Waals surface area (Å²) in [6.07, 6.45) is 0.834. The predicted octanol–water partition coefficient (Wildman–Crippen LogP) is 2.72. The molecule has 1 saturated heterocycles. The third kappa shape index (κ3) is 5.71. The van der Waals surface area contributed by atoms with E-state index in [0.717, 1.165) is 50.0 Å². The van der Waals surface area contributed by atoms with E-state index in [2.05, 4.69) is 44.9 Å². The first-order chi connectivity index (χ1) is 13.3. The Kier molecular flexibility index (Phi) is 7.53. The fourth-order valence-corrected chi connectivity index (χ4v) is 4.40. The second-order valence-electron chi connectivity index (χ2n) is 6.25. The Bertz CT molecular complexity index is 707. The van der Waals surface area contributed by atoms with E-state index in [1.165, 1.54) is 16.3 Å². The Labute approximate surface area is 168 Å². The van der Waals surface area contributed by atoms with Gasteiger partial charge < -0.3 is 20.4 Å². The highest BCUT2D eigenvalue weighted by atomic mass is 32.1. The van der Waals surface area contributed by atoms with Gasteiger partial charge in [0.1, 0.15) is 0 Å². The third-order valence-corrected chi connectivity index (χ3v) is 6.16. The number of amides is 1. The lowest BCUT2D eigenvalue weighted by Crippen LogP contribution is -2.52. The van der Waals surface area contributed by atoms with E-state index in [1.54, 1.807) is 11.3 Å². The molecule has 0 saturated carbocycles. The molecule has 0 atom stereocenters. The highest BCUT2D eigenvalue weighted by Crippen LogP contribution is 2.22. The van der Waals surface area contributed by atoms with E-state index in [9.17, 15) is 4.79 Å². The second kappa shape index (κ2) is 10.3. The Morgan fingerprint density at radius 3 is 2.56 bits per heavy atom. The molecule has 1 fully saturated rings. The van der Waals surface area contributed by atoms with Gasteiger partial charge in [-0.3, -0.25) is 9.79 Å². The van der Waals surface area contributed by atoms with Crippen LogP contribution in [0.1, 0.15) is 23.0 Å². The zero-order valence-corrected chi connectivity index (χ0v) is 17.3. The zero-order chi connectivity index (χ0) is 18.9. The van der Waals surface area contributed by atoms with Crippen LogP contribution in [0.3, 0.4) is 0 Å². The summed E-state index contributed by atoms with van der Waals surface area (Å²) in [5, 5.41) is 11.7. The molecule has 0 unspecified atom stereocenters. The number of guanidine groups is 1. The summed E-state index contributed by atoms with van der Waals surface area (Å²) in [7, 11) is 0. The van der Waals surface area contributed by atoms with Crippen molar-refractivity contribution in [2.75, 3.05) is 50.7 Å². The quantitative estimate of drug-likeness (QED) is 0.422. The van der Waals surface area contributed by atoms with Crippen LogP contribution in [-0.4, -0.2) is 62.6 Å². The maximum absolute atomic E-state index is 11.9. The SMILES string of the molecule is CCNC(=NCCCNC(=O)c1cccs1)N1CCN(c2cccs2)CC1. The van der Waals surface area contributed by atoms with Crippen LogP contribution in [0.15, 0.2) is 40.0 Å². The van der Waals surface area contributed by atoms with E-state index < -0.39 is 0 Å². The molecule has 1 aliphatic rings. The van der Waals surface area contributed by atoms with Gasteiger partial charge in [0.15, 0.2) is 5.96 Å². The summed E-state index contributed by atoms with van der Waals surface area (Å²) in [6.45, 7) is 8.28. The molecule has 3 heterocycles. The molecule has 0 spiro atoms. The maximum atomic E-state index is 11.9. The minimum Gasteiger partial charge on any atom is -0.360 e. The van der Waals surface area contributed by atoms with Crippen molar-refractivity contribution in [1.29, 1.82) is 0 Å². The average Bonchev–Trinajstić information content (AvgIpc) is 3.41. The summed E-state index contributed by atoms with van der Waals surface area (Å²) < 4.78 is 0. The van der Waals surface area contributed by atoms with Crippen molar-refractivity contribution in [3.05, 3.63) is 39.9 Å². The van der Waals surface area contributed by atoms with Crippen LogP contribution >= 0.6 is 22.7 Å². The summed E-state index contributed by atoms with van der Waals surface area (Å²) >= 11 is 3.26. The molecule has 1 aliphatic heterocycles. The lowest BCUT2D eigenvalue weighted by Gasteiger charge is -2.37. The van der Waals surface area contributed by atoms with E-state index in [0.29, 0.717) is 13.1 Å². The van der Waals surface area contributed by atoms with Gasteiger partial charge >= 0.3 is 0 Å². The molecule has 8 heteroatoms. The normalized spacial score (nSPS) is 15.1. The van der Waals surface area contributed by atoms with Crippen molar-refractivity contribution in [2.24, 2.45) is 4.99 Å². The zero-order valence-electron chi connectivity index (χ0n) is 15.7. The summed E-state index contributed by atoms with van der Waals surface area (Å²) in [5.74, 6) is 0.985. The van der Waals surface area contributed by atoms with E-state index in [4.69, 9.17) is 4.99 Å². The number of anilines is 1. The van der Waals surface area contributed by atoms with Crippen molar-refractivity contribution >= 4 is 39.5 Å². The van der Waals surface area contributed by atoms with Crippen LogP contribution in [0.25, 0.3) is 0 Å². The Morgan fingerprint density at radius 2 is 1.89 bits per heavy atom. The molecular weight excluding hydrogens is 378 g/mol. The standard InChI is InChI=1S/C19H27N5OS2/c1-2-20-19(22-9-5-8-21-18(25)16-6-3-14-26-16)24-12-10-23(11-13-24)17-7-4-15-27-17/h3-4,6-7,14-15H,2,5,8-13H2,1H3,(H,20,22)(H,21,25). The maximum Gasteiger partial charge on any atom is 0.261 e. The molecule has 0 radical (unpaired) electrons. The van der Waals surface area contributed by atoms with Crippen molar-refractivity contribution < 1.29 is 4.79 Å². The third-order valence-electron chi connectivity index (χ3n) is 4.36. The molecular formula is C19H27N5OS2. The smallest absolute Gasteiger partial charge is 0.261 e. The van der Waals surface area contributed by atoms with Crippen LogP contribution in [0, 0.1) is 0 Å². The molecule has 0 aliphatic carbocycles. The molecule has 0 bridgehead atoms. The van der Waals surface area contributed by atoms with E-state index >= 15 is 0 Å². The molecule has 3 rings (SSSR count). The number of rotatable bonds is 7. The highest BCUT2D eigenvalue weighted by Gasteiger charge is 2.20. The number of hydrogen-bond acceptors (Lipinski definition) is 5. The van der Waals surface area contributed by atoms with Gasteiger partial charge in [-0.1, -0.05) is 6.07 Å². The molecule has 27 heavy (non-hydrogen) atoms. The Balaban J connectivity index is 1.42. The fraction of sp³-hybridized carbons (Fsp3) is 0.474. The van der Waals surface area contributed by atoms with E-state index in [1.807, 2.05) is 17.5 Å². The van der Waals surface area contributed by atoms with Gasteiger partial charge in [0.05, 0.1) is 9.88 Å². The summed E-state index contributed by atoms with van der Waals surface area (Å²) in [6, 6.07) is 8.03. The summed E-state index contributed by atoms with van der Waals surface area (Å²) in [4.78, 5) is 22.2. The number of nitrogens with zero attached hydrogens (tertiary/aromatic N) is 3. The van der Waals surface area contributed by atoms with Gasteiger partial charge in [-0.05, 0) is 42.3 Å². The first kappa shape index (κ1) is 19.7. The van der Waals surface area contributed by atoms with Gasteiger partial charge in [-0.15, -0.1) is 22.7 Å². The molecule has 1 amide bonds. The number of aliphatic imine (C=N–C) groups is 1. The van der Waals surface area contributed by atoms with Crippen molar-refractivity contribution in [3.63, 3.8) is 0 Å². The number of hydrogen-bond donors (Lipinski definition) is 2. The predicted molar refractivity (Wildman–Crippen MR) is 115 cm³/mol. The summed E-state index contributed by atoms with van der Waals surface area (Å²) in [5.41, 5.74) is 0. The van der Waals surface area contributed by atoms with Gasteiger partial charge in [0.25, 0.3) is 5.91 Å². The van der Waals surface area contributed by atoms with Crippen LogP contribution in [-0.2, 0) is 0 Å².